The molecule has 0 spiro atoms. The Hall–Kier alpha value is -1.40. The van der Waals surface area contributed by atoms with Crippen LogP contribution in [0.25, 0.3) is 0 Å². The van der Waals surface area contributed by atoms with Crippen molar-refractivity contribution in [3.05, 3.63) is 17.7 Å². The molecule has 1 heterocycles. The van der Waals surface area contributed by atoms with Crippen molar-refractivity contribution in [3.8, 4) is 17.2 Å². The Morgan fingerprint density at radius 2 is 1.35 bits per heavy atom. The smallest absolute Gasteiger partial charge is 0.461 e. The minimum absolute atomic E-state index is 0.146. The van der Waals surface area contributed by atoms with Crippen LogP contribution in [0.4, 0.5) is 0 Å². The van der Waals surface area contributed by atoms with Crippen LogP contribution in [0.2, 0.25) is 5.82 Å². The second-order valence-corrected chi connectivity index (χ2v) is 7.95. The van der Waals surface area contributed by atoms with Crippen molar-refractivity contribution in [1.29, 1.82) is 0 Å². The van der Waals surface area contributed by atoms with Gasteiger partial charge in [-0.3, -0.25) is 0 Å². The quantitative estimate of drug-likeness (QED) is 0.657. The van der Waals surface area contributed by atoms with Gasteiger partial charge in [0.25, 0.3) is 0 Å². The fraction of sp³-hybridized carbons (Fsp3) is 0.700. The Morgan fingerprint density at radius 1 is 0.885 bits per heavy atom. The van der Waals surface area contributed by atoms with Crippen molar-refractivity contribution in [3.63, 3.8) is 0 Å². The van der Waals surface area contributed by atoms with E-state index in [0.717, 1.165) is 17.7 Å². The third kappa shape index (κ3) is 3.67. The fourth-order valence-corrected chi connectivity index (χ4v) is 3.51. The number of hydrogen-bond acceptors (Lipinski definition) is 5. The van der Waals surface area contributed by atoms with Crippen molar-refractivity contribution in [1.82, 2.24) is 0 Å². The minimum atomic E-state index is -0.341. The van der Waals surface area contributed by atoms with E-state index in [1.54, 1.807) is 21.3 Å². The average molecular weight is 364 g/mol. The molecule has 0 N–H and O–H groups in total. The van der Waals surface area contributed by atoms with E-state index in [2.05, 4.69) is 41.5 Å². The molecule has 6 heteroatoms. The summed E-state index contributed by atoms with van der Waals surface area (Å²) in [6, 6.07) is 3.89. The van der Waals surface area contributed by atoms with Crippen LogP contribution in [0.1, 0.15) is 59.4 Å². The maximum atomic E-state index is 6.29. The predicted molar refractivity (Wildman–Crippen MR) is 105 cm³/mol. The number of benzene rings is 1. The zero-order valence-electron chi connectivity index (χ0n) is 17.6. The molecule has 26 heavy (non-hydrogen) atoms. The van der Waals surface area contributed by atoms with Gasteiger partial charge in [-0.25, -0.2) is 0 Å². The van der Waals surface area contributed by atoms with Crippen molar-refractivity contribution in [2.75, 3.05) is 21.3 Å². The topological polar surface area (TPSA) is 46.2 Å². The van der Waals surface area contributed by atoms with Gasteiger partial charge in [0.1, 0.15) is 5.75 Å². The maximum absolute atomic E-state index is 6.29. The second-order valence-electron chi connectivity index (χ2n) is 7.95. The van der Waals surface area contributed by atoms with Gasteiger partial charge in [-0.1, -0.05) is 13.8 Å². The number of ether oxygens (including phenoxy) is 3. The van der Waals surface area contributed by atoms with E-state index in [-0.39, 0.29) is 30.1 Å². The van der Waals surface area contributed by atoms with Gasteiger partial charge in [0.15, 0.2) is 11.5 Å². The lowest BCUT2D eigenvalue weighted by Gasteiger charge is -2.32. The third-order valence-corrected chi connectivity index (χ3v) is 5.91. The molecule has 1 aromatic carbocycles. The first kappa shape index (κ1) is 20.9. The first-order chi connectivity index (χ1) is 12.1. The van der Waals surface area contributed by atoms with Crippen LogP contribution in [0.3, 0.4) is 0 Å². The van der Waals surface area contributed by atoms with Crippen molar-refractivity contribution in [2.45, 2.75) is 70.9 Å². The molecule has 0 aliphatic carbocycles. The molecule has 0 unspecified atom stereocenters. The van der Waals surface area contributed by atoms with E-state index < -0.39 is 0 Å². The molecular weight excluding hydrogens is 331 g/mol. The van der Waals surface area contributed by atoms with Gasteiger partial charge in [-0.2, -0.15) is 0 Å². The van der Waals surface area contributed by atoms with E-state index in [1.165, 1.54) is 0 Å². The zero-order chi connectivity index (χ0) is 19.7. The Morgan fingerprint density at radius 3 is 1.77 bits per heavy atom. The molecule has 1 aliphatic heterocycles. The molecule has 2 atom stereocenters. The normalized spacial score (nSPS) is 20.6. The summed E-state index contributed by atoms with van der Waals surface area (Å²) in [6.07, 6.45) is 0.928. The molecule has 146 valence electrons. The largest absolute Gasteiger partial charge is 0.496 e. The van der Waals surface area contributed by atoms with Gasteiger partial charge in [0.2, 0.25) is 0 Å². The molecule has 1 fully saturated rings. The summed E-state index contributed by atoms with van der Waals surface area (Å²) in [5.41, 5.74) is 0.396. The predicted octanol–water partition coefficient (Wildman–Crippen LogP) is 4.69. The second kappa shape index (κ2) is 7.69. The van der Waals surface area contributed by atoms with Crippen molar-refractivity contribution < 1.29 is 23.5 Å². The lowest BCUT2D eigenvalue weighted by molar-refractivity contribution is 0.00578. The SMILES string of the molecule is CC[C@@H](c1cc(OC)c(OC)cc1OC)[C@H](C)B1OC(C)(C)C(C)(C)O1. The highest BCUT2D eigenvalue weighted by Crippen LogP contribution is 2.48. The van der Waals surface area contributed by atoms with Crippen LogP contribution >= 0.6 is 0 Å². The summed E-state index contributed by atoms with van der Waals surface area (Å²) in [6.45, 7) is 12.7. The molecule has 0 amide bonds. The first-order valence-corrected chi connectivity index (χ1v) is 9.27. The van der Waals surface area contributed by atoms with Crippen LogP contribution in [0, 0.1) is 0 Å². The Kier molecular flexibility index (Phi) is 6.18. The van der Waals surface area contributed by atoms with Gasteiger partial charge in [-0.15, -0.1) is 0 Å². The number of methoxy groups -OCH3 is 3. The highest BCUT2D eigenvalue weighted by atomic mass is 16.7. The van der Waals surface area contributed by atoms with Crippen molar-refractivity contribution >= 4 is 7.12 Å². The van der Waals surface area contributed by atoms with Gasteiger partial charge in [0.05, 0.1) is 32.5 Å². The van der Waals surface area contributed by atoms with E-state index in [0.29, 0.717) is 11.5 Å². The highest BCUT2D eigenvalue weighted by Gasteiger charge is 2.54. The molecule has 0 saturated carbocycles. The molecule has 0 aromatic heterocycles. The maximum Gasteiger partial charge on any atom is 0.461 e. The minimum Gasteiger partial charge on any atom is -0.496 e. The summed E-state index contributed by atoms with van der Waals surface area (Å²) < 4.78 is 29.1. The molecular formula is C20H33BO5. The van der Waals surface area contributed by atoms with Crippen molar-refractivity contribution in [2.24, 2.45) is 0 Å². The van der Waals surface area contributed by atoms with Gasteiger partial charge in [0, 0.05) is 11.6 Å². The van der Waals surface area contributed by atoms with E-state index >= 15 is 0 Å². The van der Waals surface area contributed by atoms with E-state index in [4.69, 9.17) is 23.5 Å². The van der Waals surface area contributed by atoms with Crippen LogP contribution in [-0.2, 0) is 9.31 Å². The zero-order valence-corrected chi connectivity index (χ0v) is 17.6. The average Bonchev–Trinajstić information content (AvgIpc) is 2.82. The third-order valence-electron chi connectivity index (χ3n) is 5.91. The summed E-state index contributed by atoms with van der Waals surface area (Å²) in [5, 5.41) is 0. The fourth-order valence-electron chi connectivity index (χ4n) is 3.51. The summed E-state index contributed by atoms with van der Waals surface area (Å²) in [7, 11) is 4.67. The summed E-state index contributed by atoms with van der Waals surface area (Å²) in [5.74, 6) is 2.49. The molecule has 1 aliphatic rings. The van der Waals surface area contributed by atoms with Crippen LogP contribution in [0.5, 0.6) is 17.2 Å². The van der Waals surface area contributed by atoms with E-state index in [1.807, 2.05) is 12.1 Å². The van der Waals surface area contributed by atoms with Gasteiger partial charge < -0.3 is 23.5 Å². The number of hydrogen-bond donors (Lipinski definition) is 0. The lowest BCUT2D eigenvalue weighted by Crippen LogP contribution is -2.41. The van der Waals surface area contributed by atoms with Crippen LogP contribution in [-0.4, -0.2) is 39.6 Å². The van der Waals surface area contributed by atoms with Gasteiger partial charge >= 0.3 is 7.12 Å². The van der Waals surface area contributed by atoms with Crippen LogP contribution in [0.15, 0.2) is 12.1 Å². The summed E-state index contributed by atoms with van der Waals surface area (Å²) in [4.78, 5) is 0. The summed E-state index contributed by atoms with van der Waals surface area (Å²) >= 11 is 0. The molecule has 0 radical (unpaired) electrons. The number of rotatable bonds is 7. The lowest BCUT2D eigenvalue weighted by atomic mass is 9.63. The molecule has 2 rings (SSSR count). The first-order valence-electron chi connectivity index (χ1n) is 9.27. The molecule has 1 aromatic rings. The van der Waals surface area contributed by atoms with Crippen LogP contribution < -0.4 is 14.2 Å². The Balaban J connectivity index is 2.39. The molecule has 0 bridgehead atoms. The monoisotopic (exact) mass is 364 g/mol. The standard InChI is InChI=1S/C20H33BO5/c1-10-14(13(2)21-25-19(3,4)20(5,6)26-21)15-11-17(23-8)18(24-9)12-16(15)22-7/h11-14H,10H2,1-9H3/t13-,14+/m0/s1. The van der Waals surface area contributed by atoms with Gasteiger partial charge in [-0.05, 0) is 51.9 Å². The Labute approximate surface area is 158 Å². The Bertz CT molecular complexity index is 613. The molecule has 1 saturated heterocycles. The molecule has 5 nitrogen and oxygen atoms in total. The highest BCUT2D eigenvalue weighted by molar-refractivity contribution is 6.47. The van der Waals surface area contributed by atoms with E-state index in [9.17, 15) is 0 Å².